The van der Waals surface area contributed by atoms with Crippen LogP contribution in [0.1, 0.15) is 12.6 Å². The molecular weight excluding hydrogens is 262 g/mol. The van der Waals surface area contributed by atoms with Crippen LogP contribution in [0, 0.1) is 0 Å². The molecule has 3 rings (SSSR count). The van der Waals surface area contributed by atoms with Gasteiger partial charge in [0.2, 0.25) is 0 Å². The molecule has 0 saturated carbocycles. The molecule has 1 unspecified atom stereocenters. The summed E-state index contributed by atoms with van der Waals surface area (Å²) >= 11 is 0. The summed E-state index contributed by atoms with van der Waals surface area (Å²) in [7, 11) is 3.80. The van der Waals surface area contributed by atoms with Crippen molar-refractivity contribution in [2.75, 3.05) is 25.6 Å². The van der Waals surface area contributed by atoms with Gasteiger partial charge in [-0.15, -0.1) is 0 Å². The highest BCUT2D eigenvalue weighted by molar-refractivity contribution is 5.67. The van der Waals surface area contributed by atoms with Gasteiger partial charge in [0, 0.05) is 20.5 Å². The van der Waals surface area contributed by atoms with Gasteiger partial charge in [0.05, 0.1) is 12.7 Å². The number of rotatable bonds is 3. The molecule has 0 aliphatic carbocycles. The number of hydrogen-bond donors (Lipinski definition) is 2. The summed E-state index contributed by atoms with van der Waals surface area (Å²) < 4.78 is 7.49. The number of aromatic nitrogens is 4. The van der Waals surface area contributed by atoms with Gasteiger partial charge < -0.3 is 19.8 Å². The largest absolute Gasteiger partial charge is 0.394 e. The zero-order chi connectivity index (χ0) is 14.3. The van der Waals surface area contributed by atoms with E-state index >= 15 is 0 Å². The van der Waals surface area contributed by atoms with Gasteiger partial charge in [-0.3, -0.25) is 4.57 Å². The van der Waals surface area contributed by atoms with Gasteiger partial charge >= 0.3 is 0 Å². The first-order valence-electron chi connectivity index (χ1n) is 6.41. The maximum atomic E-state index is 9.86. The van der Waals surface area contributed by atoms with Crippen LogP contribution in [0.15, 0.2) is 12.7 Å². The summed E-state index contributed by atoms with van der Waals surface area (Å²) in [4.78, 5) is 14.5. The van der Waals surface area contributed by atoms with Crippen molar-refractivity contribution in [1.29, 1.82) is 0 Å². The summed E-state index contributed by atoms with van der Waals surface area (Å²) in [6.07, 6.45) is 1.86. The molecule has 8 heteroatoms. The Morgan fingerprint density at radius 1 is 1.40 bits per heavy atom. The molecule has 0 bridgehead atoms. The lowest BCUT2D eigenvalue weighted by Crippen LogP contribution is -2.25. The third-order valence-electron chi connectivity index (χ3n) is 3.46. The minimum atomic E-state index is -0.686. The van der Waals surface area contributed by atoms with E-state index < -0.39 is 12.2 Å². The fourth-order valence-electron chi connectivity index (χ4n) is 2.51. The van der Waals surface area contributed by atoms with Gasteiger partial charge in [0.1, 0.15) is 30.8 Å². The van der Waals surface area contributed by atoms with Crippen molar-refractivity contribution >= 4 is 5.82 Å². The molecule has 3 atom stereocenters. The minimum Gasteiger partial charge on any atom is -0.394 e. The van der Waals surface area contributed by atoms with E-state index in [9.17, 15) is 10.2 Å². The van der Waals surface area contributed by atoms with Crippen LogP contribution in [-0.4, -0.2) is 62.6 Å². The second-order valence-corrected chi connectivity index (χ2v) is 5.03. The van der Waals surface area contributed by atoms with Gasteiger partial charge in [0.15, 0.2) is 11.5 Å². The zero-order valence-electron chi connectivity index (χ0n) is 11.3. The predicted molar refractivity (Wildman–Crippen MR) is 70.4 cm³/mol. The Morgan fingerprint density at radius 2 is 2.20 bits per heavy atom. The number of imidazole rings is 1. The topological polar surface area (TPSA) is 96.5 Å². The van der Waals surface area contributed by atoms with Gasteiger partial charge in [-0.1, -0.05) is 0 Å². The molecule has 1 saturated heterocycles. The van der Waals surface area contributed by atoms with Crippen molar-refractivity contribution in [2.45, 2.75) is 24.9 Å². The monoisotopic (exact) mass is 279 g/mol. The van der Waals surface area contributed by atoms with Gasteiger partial charge in [-0.2, -0.15) is 0 Å². The molecule has 3 aliphatic heterocycles. The maximum absolute atomic E-state index is 9.86. The second kappa shape index (κ2) is 4.97. The number of nitrogens with zero attached hydrogens (tertiary/aromatic N) is 5. The molecule has 3 aliphatic rings. The average molecular weight is 279 g/mol. The molecular formula is C12H17N5O3. The van der Waals surface area contributed by atoms with E-state index in [1.165, 1.54) is 6.33 Å². The summed E-state index contributed by atoms with van der Waals surface area (Å²) in [6.45, 7) is -0.207. The van der Waals surface area contributed by atoms with Crippen molar-refractivity contribution in [3.8, 4) is 11.5 Å². The van der Waals surface area contributed by atoms with Crippen LogP contribution in [-0.2, 0) is 4.74 Å². The molecule has 20 heavy (non-hydrogen) atoms. The van der Waals surface area contributed by atoms with E-state index in [-0.39, 0.29) is 12.8 Å². The highest BCUT2D eigenvalue weighted by Gasteiger charge is 2.36. The summed E-state index contributed by atoms with van der Waals surface area (Å²) in [5.41, 5.74) is 0.683. The van der Waals surface area contributed by atoms with Crippen molar-refractivity contribution in [2.24, 2.45) is 0 Å². The van der Waals surface area contributed by atoms with Crippen molar-refractivity contribution in [3.63, 3.8) is 0 Å². The molecule has 0 spiro atoms. The van der Waals surface area contributed by atoms with E-state index in [0.29, 0.717) is 17.9 Å². The molecule has 0 amide bonds. The van der Waals surface area contributed by atoms with Crippen LogP contribution in [0.5, 0.6) is 0 Å². The number of ether oxygens (including phenoxy) is 1. The average Bonchev–Trinajstić information content (AvgIpc) is 3.02. The number of aliphatic hydroxyl groups is 2. The summed E-state index contributed by atoms with van der Waals surface area (Å²) in [6, 6.07) is 0. The third-order valence-corrected chi connectivity index (χ3v) is 3.46. The number of hydrogen-bond acceptors (Lipinski definition) is 7. The highest BCUT2D eigenvalue weighted by atomic mass is 16.5. The smallest absolute Gasteiger partial charge is 0.184 e. The van der Waals surface area contributed by atoms with E-state index in [4.69, 9.17) is 4.74 Å². The molecule has 0 aromatic rings. The molecule has 0 radical (unpaired) electrons. The summed E-state index contributed by atoms with van der Waals surface area (Å²) in [5.74, 6) is 1.38. The molecule has 0 aromatic heterocycles. The van der Waals surface area contributed by atoms with E-state index in [1.54, 1.807) is 6.33 Å². The Bertz CT molecular complexity index is 572. The highest BCUT2D eigenvalue weighted by Crippen LogP contribution is 2.35. The predicted octanol–water partition coefficient (Wildman–Crippen LogP) is -0.515. The van der Waals surface area contributed by atoms with Gasteiger partial charge in [-0.05, 0) is 0 Å². The lowest BCUT2D eigenvalue weighted by Gasteiger charge is -2.25. The first-order valence-corrected chi connectivity index (χ1v) is 6.41. The van der Waals surface area contributed by atoms with Crippen LogP contribution in [0.3, 0.4) is 0 Å². The van der Waals surface area contributed by atoms with E-state index in [1.807, 2.05) is 23.6 Å². The fourth-order valence-corrected chi connectivity index (χ4v) is 2.51. The van der Waals surface area contributed by atoms with Crippen molar-refractivity contribution < 1.29 is 14.9 Å². The summed E-state index contributed by atoms with van der Waals surface area (Å²) in [5, 5.41) is 19.0. The van der Waals surface area contributed by atoms with Crippen LogP contribution in [0.2, 0.25) is 0 Å². The van der Waals surface area contributed by atoms with Crippen LogP contribution in [0.25, 0.3) is 11.5 Å². The first kappa shape index (κ1) is 13.2. The lowest BCUT2D eigenvalue weighted by molar-refractivity contribution is -0.0442. The number of aliphatic hydroxyl groups excluding tert-OH is 2. The van der Waals surface area contributed by atoms with Gasteiger partial charge in [-0.25, -0.2) is 15.0 Å². The number of anilines is 1. The second-order valence-electron chi connectivity index (χ2n) is 5.03. The molecule has 3 heterocycles. The molecule has 2 N–H and O–H groups in total. The van der Waals surface area contributed by atoms with Crippen LogP contribution >= 0.6 is 0 Å². The molecule has 108 valence electrons. The SMILES string of the molecule is CN(C)c1c2ncnc-2ncn1C1C[C@H](O)[C@@H](CO)O1. The van der Waals surface area contributed by atoms with E-state index in [0.717, 1.165) is 5.82 Å². The Kier molecular flexibility index (Phi) is 3.28. The first-order chi connectivity index (χ1) is 9.61. The Morgan fingerprint density at radius 3 is 2.85 bits per heavy atom. The third kappa shape index (κ3) is 2.01. The van der Waals surface area contributed by atoms with Gasteiger partial charge in [0.25, 0.3) is 0 Å². The Labute approximate surface area is 116 Å². The van der Waals surface area contributed by atoms with E-state index in [2.05, 4.69) is 15.0 Å². The molecule has 1 fully saturated rings. The minimum absolute atomic E-state index is 0.207. The lowest BCUT2D eigenvalue weighted by atomic mass is 10.2. The Balaban J connectivity index is 2.03. The Hall–Kier alpha value is -1.77. The van der Waals surface area contributed by atoms with Crippen LogP contribution in [0.4, 0.5) is 5.82 Å². The quantitative estimate of drug-likeness (QED) is 0.780. The van der Waals surface area contributed by atoms with Crippen molar-refractivity contribution in [3.05, 3.63) is 12.7 Å². The number of fused-ring (bicyclic) bond motifs is 1. The normalized spacial score (nSPS) is 26.3. The van der Waals surface area contributed by atoms with Crippen molar-refractivity contribution in [1.82, 2.24) is 19.5 Å². The fraction of sp³-hybridized carbons (Fsp3) is 0.583. The molecule has 8 nitrogen and oxygen atoms in total. The van der Waals surface area contributed by atoms with Crippen LogP contribution < -0.4 is 4.90 Å². The standard InChI is InChI=1S/C12H17N5O3/c1-16(2)12-10-11(14-5-13-10)15-6-17(12)9-3-7(19)8(4-18)20-9/h5-9,18-19H,3-4H2,1-2H3/t7-,8+,9?/m0/s1. The zero-order valence-corrected chi connectivity index (χ0v) is 11.3. The molecule has 0 aromatic carbocycles. The maximum Gasteiger partial charge on any atom is 0.184 e.